The Kier molecular flexibility index (Phi) is 4.90. The fourth-order valence-corrected chi connectivity index (χ4v) is 5.07. The number of amides is 1. The Labute approximate surface area is 147 Å². The van der Waals surface area contributed by atoms with Gasteiger partial charge in [-0.3, -0.25) is 9.69 Å². The Bertz CT molecular complexity index is 585. The lowest BCUT2D eigenvalue weighted by atomic mass is 9.98. The number of nitrogens with zero attached hydrogens (tertiary/aromatic N) is 2. The first-order valence-electron chi connectivity index (χ1n) is 9.02. The molecule has 3 fully saturated rings. The number of fused-ring (bicyclic) bond motifs is 1. The fourth-order valence-electron chi connectivity index (χ4n) is 4.15. The molecule has 0 saturated carbocycles. The molecule has 1 amide bonds. The van der Waals surface area contributed by atoms with Gasteiger partial charge in [-0.25, -0.2) is 0 Å². The van der Waals surface area contributed by atoms with Gasteiger partial charge in [0, 0.05) is 42.0 Å². The zero-order valence-corrected chi connectivity index (χ0v) is 15.1. The molecule has 24 heavy (non-hydrogen) atoms. The topological polar surface area (TPSA) is 42.0 Å². The van der Waals surface area contributed by atoms with Gasteiger partial charge in [0.1, 0.15) is 6.10 Å². The average molecular weight is 350 g/mol. The second kappa shape index (κ2) is 7.12. The third-order valence-corrected chi connectivity index (χ3v) is 6.40. The standard InChI is InChI=1S/C18H26N2O3S/c1-13-2-3-14(24-13)12-20-7-6-16-15(20)4-5-17(23-16)18(21)19-8-10-22-11-9-19/h2-3,15-17H,4-12H2,1H3/t15-,16-,17-/m1/s1. The second-order valence-electron chi connectivity index (χ2n) is 7.02. The number of hydrogen-bond donors (Lipinski definition) is 0. The van der Waals surface area contributed by atoms with E-state index in [1.54, 1.807) is 0 Å². The molecule has 3 aliphatic heterocycles. The van der Waals surface area contributed by atoms with Gasteiger partial charge in [0.25, 0.3) is 5.91 Å². The minimum Gasteiger partial charge on any atom is -0.378 e. The van der Waals surface area contributed by atoms with Crippen molar-refractivity contribution >= 4 is 17.2 Å². The quantitative estimate of drug-likeness (QED) is 0.837. The van der Waals surface area contributed by atoms with E-state index in [-0.39, 0.29) is 18.1 Å². The molecule has 5 nitrogen and oxygen atoms in total. The summed E-state index contributed by atoms with van der Waals surface area (Å²) in [5, 5.41) is 0. The predicted molar refractivity (Wildman–Crippen MR) is 93.2 cm³/mol. The Morgan fingerprint density at radius 1 is 1.21 bits per heavy atom. The third kappa shape index (κ3) is 3.38. The summed E-state index contributed by atoms with van der Waals surface area (Å²) >= 11 is 1.88. The van der Waals surface area contributed by atoms with E-state index >= 15 is 0 Å². The van der Waals surface area contributed by atoms with Crippen molar-refractivity contribution in [3.05, 3.63) is 21.9 Å². The van der Waals surface area contributed by atoms with Crippen LogP contribution in [0.4, 0.5) is 0 Å². The van der Waals surface area contributed by atoms with E-state index in [1.165, 1.54) is 9.75 Å². The number of aryl methyl sites for hydroxylation is 1. The van der Waals surface area contributed by atoms with Crippen molar-refractivity contribution in [3.63, 3.8) is 0 Å². The Morgan fingerprint density at radius 3 is 2.79 bits per heavy atom. The second-order valence-corrected chi connectivity index (χ2v) is 8.39. The number of thiophene rings is 1. The molecule has 1 aromatic heterocycles. The number of carbonyl (C=O) groups excluding carboxylic acids is 1. The summed E-state index contributed by atoms with van der Waals surface area (Å²) in [7, 11) is 0. The summed E-state index contributed by atoms with van der Waals surface area (Å²) in [6, 6.07) is 4.91. The van der Waals surface area contributed by atoms with Crippen LogP contribution in [0.2, 0.25) is 0 Å². The molecule has 1 aromatic rings. The Balaban J connectivity index is 1.34. The monoisotopic (exact) mass is 350 g/mol. The molecule has 0 unspecified atom stereocenters. The van der Waals surface area contributed by atoms with Gasteiger partial charge in [-0.15, -0.1) is 11.3 Å². The van der Waals surface area contributed by atoms with Crippen LogP contribution in [-0.4, -0.2) is 66.8 Å². The summed E-state index contributed by atoms with van der Waals surface area (Å²) in [5.74, 6) is 0.170. The van der Waals surface area contributed by atoms with E-state index in [0.29, 0.717) is 32.3 Å². The molecule has 0 aromatic carbocycles. The van der Waals surface area contributed by atoms with E-state index in [0.717, 1.165) is 32.4 Å². The molecule has 3 aliphatic rings. The van der Waals surface area contributed by atoms with E-state index < -0.39 is 0 Å². The SMILES string of the molecule is Cc1ccc(CN2CC[C@H]3O[C@@H](C(=O)N4CCOCC4)CC[C@H]32)s1. The zero-order valence-electron chi connectivity index (χ0n) is 14.3. The Hall–Kier alpha value is -0.950. The average Bonchev–Trinajstić information content (AvgIpc) is 3.21. The van der Waals surface area contributed by atoms with Crippen molar-refractivity contribution in [2.75, 3.05) is 32.8 Å². The first-order valence-corrected chi connectivity index (χ1v) is 9.84. The lowest BCUT2D eigenvalue weighted by molar-refractivity contribution is -0.158. The highest BCUT2D eigenvalue weighted by molar-refractivity contribution is 7.11. The van der Waals surface area contributed by atoms with Crippen molar-refractivity contribution in [3.8, 4) is 0 Å². The van der Waals surface area contributed by atoms with Gasteiger partial charge in [-0.1, -0.05) is 0 Å². The lowest BCUT2D eigenvalue weighted by Crippen LogP contribution is -2.51. The molecule has 0 aliphatic carbocycles. The van der Waals surface area contributed by atoms with Crippen LogP contribution in [0.5, 0.6) is 0 Å². The minimum atomic E-state index is -0.242. The predicted octanol–water partition coefficient (Wildman–Crippen LogP) is 2.04. The summed E-state index contributed by atoms with van der Waals surface area (Å²) < 4.78 is 11.6. The maximum absolute atomic E-state index is 12.7. The molecule has 0 bridgehead atoms. The molecular formula is C18H26N2O3S. The van der Waals surface area contributed by atoms with Gasteiger partial charge >= 0.3 is 0 Å². The summed E-state index contributed by atoms with van der Waals surface area (Å²) in [5.41, 5.74) is 0. The molecule has 0 spiro atoms. The van der Waals surface area contributed by atoms with E-state index in [2.05, 4.69) is 24.0 Å². The summed E-state index contributed by atoms with van der Waals surface area (Å²) in [4.78, 5) is 19.9. The normalized spacial score (nSPS) is 31.2. The summed E-state index contributed by atoms with van der Waals surface area (Å²) in [6.45, 7) is 6.96. The Morgan fingerprint density at radius 2 is 2.04 bits per heavy atom. The fraction of sp³-hybridized carbons (Fsp3) is 0.722. The molecule has 6 heteroatoms. The van der Waals surface area contributed by atoms with Gasteiger partial charge < -0.3 is 14.4 Å². The molecule has 0 radical (unpaired) electrons. The zero-order chi connectivity index (χ0) is 16.5. The van der Waals surface area contributed by atoms with Crippen molar-refractivity contribution < 1.29 is 14.3 Å². The van der Waals surface area contributed by atoms with Crippen LogP contribution in [0.25, 0.3) is 0 Å². The smallest absolute Gasteiger partial charge is 0.251 e. The molecular weight excluding hydrogens is 324 g/mol. The number of morpholine rings is 1. The molecule has 0 N–H and O–H groups in total. The number of rotatable bonds is 3. The van der Waals surface area contributed by atoms with Crippen molar-refractivity contribution in [2.24, 2.45) is 0 Å². The number of hydrogen-bond acceptors (Lipinski definition) is 5. The lowest BCUT2D eigenvalue weighted by Gasteiger charge is -2.38. The highest BCUT2D eigenvalue weighted by Crippen LogP contribution is 2.33. The number of ether oxygens (including phenoxy) is 2. The van der Waals surface area contributed by atoms with Crippen LogP contribution in [0.3, 0.4) is 0 Å². The summed E-state index contributed by atoms with van der Waals surface area (Å²) in [6.07, 6.45) is 2.93. The van der Waals surface area contributed by atoms with Crippen molar-refractivity contribution in [1.29, 1.82) is 0 Å². The highest BCUT2D eigenvalue weighted by atomic mass is 32.1. The van der Waals surface area contributed by atoms with E-state index in [9.17, 15) is 4.79 Å². The maximum Gasteiger partial charge on any atom is 0.251 e. The van der Waals surface area contributed by atoms with Crippen LogP contribution >= 0.6 is 11.3 Å². The van der Waals surface area contributed by atoms with Crippen LogP contribution in [-0.2, 0) is 20.8 Å². The number of carbonyl (C=O) groups is 1. The van der Waals surface area contributed by atoms with Gasteiger partial charge in [0.15, 0.2) is 0 Å². The first kappa shape index (κ1) is 16.5. The molecule has 3 atom stereocenters. The minimum absolute atomic E-state index is 0.170. The maximum atomic E-state index is 12.7. The van der Waals surface area contributed by atoms with Gasteiger partial charge in [-0.2, -0.15) is 0 Å². The largest absolute Gasteiger partial charge is 0.378 e. The third-order valence-electron chi connectivity index (χ3n) is 5.42. The highest BCUT2D eigenvalue weighted by Gasteiger charge is 2.42. The van der Waals surface area contributed by atoms with Crippen LogP contribution < -0.4 is 0 Å². The molecule has 132 valence electrons. The number of likely N-dealkylation sites (tertiary alicyclic amines) is 1. The molecule has 4 rings (SSSR count). The molecule has 3 saturated heterocycles. The van der Waals surface area contributed by atoms with Crippen molar-refractivity contribution in [1.82, 2.24) is 9.80 Å². The van der Waals surface area contributed by atoms with Crippen LogP contribution in [0, 0.1) is 6.92 Å². The van der Waals surface area contributed by atoms with Gasteiger partial charge in [0.2, 0.25) is 0 Å². The van der Waals surface area contributed by atoms with E-state index in [1.807, 2.05) is 16.2 Å². The van der Waals surface area contributed by atoms with Crippen LogP contribution in [0.15, 0.2) is 12.1 Å². The molecule has 4 heterocycles. The first-order chi connectivity index (χ1) is 11.7. The van der Waals surface area contributed by atoms with Gasteiger partial charge in [0.05, 0.1) is 19.3 Å². The van der Waals surface area contributed by atoms with Crippen LogP contribution in [0.1, 0.15) is 29.0 Å². The van der Waals surface area contributed by atoms with Gasteiger partial charge in [-0.05, 0) is 38.3 Å². The van der Waals surface area contributed by atoms with Crippen molar-refractivity contribution in [2.45, 2.75) is 51.0 Å². The van der Waals surface area contributed by atoms with E-state index in [4.69, 9.17) is 9.47 Å².